The van der Waals surface area contributed by atoms with E-state index in [-0.39, 0.29) is 12.6 Å². The number of hydrogen-bond donors (Lipinski definition) is 1. The summed E-state index contributed by atoms with van der Waals surface area (Å²) >= 11 is 3.02. The Morgan fingerprint density at radius 2 is 2.47 bits per heavy atom. The molecule has 0 fully saturated rings. The standard InChI is InChI=1S/C11H17NO3S2/c1-3-15-11(14)10-12-9(7-17-10)6-16-5-8(2)4-13/h7-8,13H,3-6H2,1-2H3. The van der Waals surface area contributed by atoms with E-state index in [2.05, 4.69) is 4.98 Å². The first-order valence-corrected chi connectivity index (χ1v) is 7.51. The molecule has 1 aromatic heterocycles. The summed E-state index contributed by atoms with van der Waals surface area (Å²) < 4.78 is 4.87. The molecule has 96 valence electrons. The van der Waals surface area contributed by atoms with Gasteiger partial charge in [-0.1, -0.05) is 6.92 Å². The van der Waals surface area contributed by atoms with Crippen LogP contribution in [-0.2, 0) is 10.5 Å². The first kappa shape index (κ1) is 14.5. The summed E-state index contributed by atoms with van der Waals surface area (Å²) in [5.74, 6) is 1.60. The molecule has 0 amide bonds. The summed E-state index contributed by atoms with van der Waals surface area (Å²) in [4.78, 5) is 15.6. The molecule has 0 aliphatic carbocycles. The lowest BCUT2D eigenvalue weighted by atomic mass is 10.2. The fourth-order valence-electron chi connectivity index (χ4n) is 1.08. The molecule has 0 saturated carbocycles. The van der Waals surface area contributed by atoms with Gasteiger partial charge in [-0.25, -0.2) is 9.78 Å². The van der Waals surface area contributed by atoms with Gasteiger partial charge in [0.2, 0.25) is 5.01 Å². The van der Waals surface area contributed by atoms with Crippen LogP contribution in [0.25, 0.3) is 0 Å². The zero-order valence-corrected chi connectivity index (χ0v) is 11.6. The van der Waals surface area contributed by atoms with Crippen LogP contribution in [-0.4, -0.2) is 35.0 Å². The van der Waals surface area contributed by atoms with Gasteiger partial charge in [-0.15, -0.1) is 11.3 Å². The second-order valence-electron chi connectivity index (χ2n) is 3.67. The summed E-state index contributed by atoms with van der Waals surface area (Å²) in [7, 11) is 0. The van der Waals surface area contributed by atoms with Gasteiger partial charge in [0.15, 0.2) is 0 Å². The van der Waals surface area contributed by atoms with E-state index in [0.29, 0.717) is 17.5 Å². The Kier molecular flexibility index (Phi) is 6.54. The Hall–Kier alpha value is -0.590. The van der Waals surface area contributed by atoms with E-state index in [1.165, 1.54) is 11.3 Å². The maximum Gasteiger partial charge on any atom is 0.367 e. The van der Waals surface area contributed by atoms with Gasteiger partial charge in [-0.3, -0.25) is 0 Å². The Morgan fingerprint density at radius 1 is 1.71 bits per heavy atom. The van der Waals surface area contributed by atoms with Crippen molar-refractivity contribution >= 4 is 29.1 Å². The Bertz CT molecular complexity index is 354. The molecule has 0 saturated heterocycles. The van der Waals surface area contributed by atoms with Crippen molar-refractivity contribution in [1.82, 2.24) is 4.98 Å². The molecule has 4 nitrogen and oxygen atoms in total. The number of esters is 1. The summed E-state index contributed by atoms with van der Waals surface area (Å²) in [6, 6.07) is 0. The van der Waals surface area contributed by atoms with Crippen LogP contribution in [0.2, 0.25) is 0 Å². The molecule has 0 bridgehead atoms. The number of aliphatic hydroxyl groups is 1. The molecular weight excluding hydrogens is 258 g/mol. The predicted molar refractivity (Wildman–Crippen MR) is 70.5 cm³/mol. The average molecular weight is 275 g/mol. The minimum Gasteiger partial charge on any atom is -0.461 e. The van der Waals surface area contributed by atoms with E-state index >= 15 is 0 Å². The third-order valence-corrected chi connectivity index (χ3v) is 4.14. The minimum atomic E-state index is -0.350. The fourth-order valence-corrected chi connectivity index (χ4v) is 2.87. The summed E-state index contributed by atoms with van der Waals surface area (Å²) in [5.41, 5.74) is 0.896. The third-order valence-electron chi connectivity index (χ3n) is 1.97. The van der Waals surface area contributed by atoms with Gasteiger partial charge < -0.3 is 9.84 Å². The van der Waals surface area contributed by atoms with Crippen LogP contribution in [0.4, 0.5) is 0 Å². The zero-order chi connectivity index (χ0) is 12.7. The Labute approximate surface area is 109 Å². The SMILES string of the molecule is CCOC(=O)c1nc(CSCC(C)CO)cs1. The van der Waals surface area contributed by atoms with Crippen LogP contribution in [0.15, 0.2) is 5.38 Å². The van der Waals surface area contributed by atoms with E-state index in [0.717, 1.165) is 17.2 Å². The maximum atomic E-state index is 11.4. The molecule has 1 aromatic rings. The second kappa shape index (κ2) is 7.68. The summed E-state index contributed by atoms with van der Waals surface area (Å²) in [6.07, 6.45) is 0. The number of thiazole rings is 1. The quantitative estimate of drug-likeness (QED) is 0.773. The largest absolute Gasteiger partial charge is 0.461 e. The third kappa shape index (κ3) is 5.06. The van der Waals surface area contributed by atoms with E-state index in [4.69, 9.17) is 9.84 Å². The molecule has 1 rings (SSSR count). The van der Waals surface area contributed by atoms with Gasteiger partial charge in [0.05, 0.1) is 12.3 Å². The lowest BCUT2D eigenvalue weighted by Crippen LogP contribution is -2.05. The van der Waals surface area contributed by atoms with Crippen molar-refractivity contribution in [2.45, 2.75) is 19.6 Å². The normalized spacial score (nSPS) is 12.4. The van der Waals surface area contributed by atoms with Crippen molar-refractivity contribution in [2.75, 3.05) is 19.0 Å². The van der Waals surface area contributed by atoms with E-state index in [9.17, 15) is 4.79 Å². The van der Waals surface area contributed by atoms with Gasteiger partial charge in [-0.2, -0.15) is 11.8 Å². The number of carbonyl (C=O) groups excluding carboxylic acids is 1. The summed E-state index contributed by atoms with van der Waals surface area (Å²) in [5, 5.41) is 11.2. The molecule has 0 radical (unpaired) electrons. The van der Waals surface area contributed by atoms with E-state index in [1.54, 1.807) is 18.7 Å². The zero-order valence-electron chi connectivity index (χ0n) is 10.0. The average Bonchev–Trinajstić information content (AvgIpc) is 2.78. The molecule has 1 heterocycles. The number of aliphatic hydroxyl groups excluding tert-OH is 1. The number of carbonyl (C=O) groups is 1. The molecule has 1 N–H and O–H groups in total. The number of ether oxygens (including phenoxy) is 1. The van der Waals surface area contributed by atoms with Crippen LogP contribution in [0.5, 0.6) is 0 Å². The van der Waals surface area contributed by atoms with Crippen LogP contribution in [0.3, 0.4) is 0 Å². The molecule has 0 spiro atoms. The van der Waals surface area contributed by atoms with E-state index in [1.807, 2.05) is 12.3 Å². The van der Waals surface area contributed by atoms with Crippen LogP contribution in [0, 0.1) is 5.92 Å². The lowest BCUT2D eigenvalue weighted by molar-refractivity contribution is 0.0525. The monoisotopic (exact) mass is 275 g/mol. The molecule has 0 aliphatic heterocycles. The van der Waals surface area contributed by atoms with Crippen molar-refractivity contribution in [1.29, 1.82) is 0 Å². The lowest BCUT2D eigenvalue weighted by Gasteiger charge is -2.05. The first-order valence-electron chi connectivity index (χ1n) is 5.47. The number of hydrogen-bond acceptors (Lipinski definition) is 6. The van der Waals surface area contributed by atoms with Crippen LogP contribution in [0.1, 0.15) is 29.3 Å². The molecule has 6 heteroatoms. The molecule has 0 aliphatic rings. The van der Waals surface area contributed by atoms with Gasteiger partial charge >= 0.3 is 5.97 Å². The fraction of sp³-hybridized carbons (Fsp3) is 0.636. The molecule has 1 unspecified atom stereocenters. The highest BCUT2D eigenvalue weighted by Crippen LogP contribution is 2.18. The van der Waals surface area contributed by atoms with Crippen molar-refractivity contribution in [3.05, 3.63) is 16.1 Å². The van der Waals surface area contributed by atoms with Crippen LogP contribution >= 0.6 is 23.1 Å². The second-order valence-corrected chi connectivity index (χ2v) is 5.56. The molecule has 17 heavy (non-hydrogen) atoms. The number of thioether (sulfide) groups is 1. The Morgan fingerprint density at radius 3 is 3.12 bits per heavy atom. The van der Waals surface area contributed by atoms with Gasteiger partial charge in [-0.05, 0) is 18.6 Å². The number of aromatic nitrogens is 1. The smallest absolute Gasteiger partial charge is 0.367 e. The molecular formula is C11H17NO3S2. The molecule has 0 aromatic carbocycles. The highest BCUT2D eigenvalue weighted by atomic mass is 32.2. The highest BCUT2D eigenvalue weighted by Gasteiger charge is 2.12. The van der Waals surface area contributed by atoms with Gasteiger partial charge in [0.1, 0.15) is 0 Å². The number of nitrogens with zero attached hydrogens (tertiary/aromatic N) is 1. The summed E-state index contributed by atoms with van der Waals surface area (Å²) in [6.45, 7) is 4.35. The topological polar surface area (TPSA) is 59.4 Å². The molecule has 1 atom stereocenters. The van der Waals surface area contributed by atoms with Gasteiger partial charge in [0, 0.05) is 17.7 Å². The minimum absolute atomic E-state index is 0.206. The van der Waals surface area contributed by atoms with Crippen molar-refractivity contribution in [2.24, 2.45) is 5.92 Å². The maximum absolute atomic E-state index is 11.4. The van der Waals surface area contributed by atoms with Crippen molar-refractivity contribution < 1.29 is 14.6 Å². The van der Waals surface area contributed by atoms with Crippen LogP contribution < -0.4 is 0 Å². The van der Waals surface area contributed by atoms with Crippen molar-refractivity contribution in [3.63, 3.8) is 0 Å². The van der Waals surface area contributed by atoms with E-state index < -0.39 is 0 Å². The first-order chi connectivity index (χ1) is 8.17. The van der Waals surface area contributed by atoms with Gasteiger partial charge in [0.25, 0.3) is 0 Å². The Balaban J connectivity index is 2.38. The highest BCUT2D eigenvalue weighted by molar-refractivity contribution is 7.98. The predicted octanol–water partition coefficient (Wildman–Crippen LogP) is 2.18. The number of rotatable bonds is 7. The van der Waals surface area contributed by atoms with Crippen molar-refractivity contribution in [3.8, 4) is 0 Å².